The Morgan fingerprint density at radius 1 is 1.20 bits per heavy atom. The molecule has 15 heavy (non-hydrogen) atoms. The monoisotopic (exact) mass is 227 g/mol. The molecular weight excluding hydrogens is 210 g/mol. The van der Waals surface area contributed by atoms with E-state index >= 15 is 0 Å². The predicted octanol–water partition coefficient (Wildman–Crippen LogP) is 1.92. The van der Waals surface area contributed by atoms with Crippen LogP contribution in [0.3, 0.4) is 0 Å². The van der Waals surface area contributed by atoms with Gasteiger partial charge in [0.2, 0.25) is 0 Å². The minimum absolute atomic E-state index is 0.705. The summed E-state index contributed by atoms with van der Waals surface area (Å²) in [5, 5.41) is 0.705. The normalized spacial score (nSPS) is 10.7. The lowest BCUT2D eigenvalue weighted by atomic mass is 10.2. The average Bonchev–Trinajstić information content (AvgIpc) is 2.14. The predicted molar refractivity (Wildman–Crippen MR) is 67.7 cm³/mol. The van der Waals surface area contributed by atoms with Gasteiger partial charge in [0.1, 0.15) is 0 Å². The van der Waals surface area contributed by atoms with Gasteiger partial charge in [-0.1, -0.05) is 17.7 Å². The molecule has 1 aromatic rings. The average molecular weight is 228 g/mol. The van der Waals surface area contributed by atoms with Crippen molar-refractivity contribution < 1.29 is 0 Å². The number of nitrogens with two attached hydrogens (primary N) is 1. The van der Waals surface area contributed by atoms with Crippen molar-refractivity contribution in [3.05, 3.63) is 23.2 Å². The summed E-state index contributed by atoms with van der Waals surface area (Å²) < 4.78 is 0. The first-order chi connectivity index (χ1) is 7.02. The van der Waals surface area contributed by atoms with Crippen LogP contribution in [0.25, 0.3) is 0 Å². The number of benzene rings is 1. The minimum atomic E-state index is 0.705. The molecule has 0 saturated carbocycles. The Kier molecular flexibility index (Phi) is 4.24. The third-order valence-electron chi connectivity index (χ3n) is 2.28. The molecule has 0 bridgehead atoms. The third-order valence-corrected chi connectivity index (χ3v) is 2.59. The largest absolute Gasteiger partial charge is 0.397 e. The zero-order valence-electron chi connectivity index (χ0n) is 9.50. The Bertz CT molecular complexity index is 305. The highest BCUT2D eigenvalue weighted by Crippen LogP contribution is 2.30. The van der Waals surface area contributed by atoms with Crippen molar-refractivity contribution in [3.63, 3.8) is 0 Å². The van der Waals surface area contributed by atoms with E-state index in [1.165, 1.54) is 0 Å². The van der Waals surface area contributed by atoms with Gasteiger partial charge >= 0.3 is 0 Å². The van der Waals surface area contributed by atoms with Gasteiger partial charge in [-0.3, -0.25) is 0 Å². The number of anilines is 2. The highest BCUT2D eigenvalue weighted by Gasteiger charge is 2.09. The fraction of sp³-hybridized carbons (Fsp3) is 0.455. The Labute approximate surface area is 96.4 Å². The van der Waals surface area contributed by atoms with Gasteiger partial charge in [0, 0.05) is 20.1 Å². The van der Waals surface area contributed by atoms with Crippen molar-refractivity contribution in [1.82, 2.24) is 4.90 Å². The highest BCUT2D eigenvalue weighted by molar-refractivity contribution is 6.33. The van der Waals surface area contributed by atoms with E-state index in [0.29, 0.717) is 5.02 Å². The maximum absolute atomic E-state index is 6.10. The Morgan fingerprint density at radius 3 is 2.40 bits per heavy atom. The van der Waals surface area contributed by atoms with Crippen LogP contribution in [0.15, 0.2) is 18.2 Å². The van der Waals surface area contributed by atoms with E-state index in [1.807, 2.05) is 39.3 Å². The summed E-state index contributed by atoms with van der Waals surface area (Å²) in [4.78, 5) is 4.21. The van der Waals surface area contributed by atoms with Crippen LogP contribution < -0.4 is 10.6 Å². The van der Waals surface area contributed by atoms with E-state index in [1.54, 1.807) is 0 Å². The van der Waals surface area contributed by atoms with Crippen molar-refractivity contribution in [3.8, 4) is 0 Å². The van der Waals surface area contributed by atoms with Gasteiger partial charge in [-0.05, 0) is 26.2 Å². The Balaban J connectivity index is 2.77. The van der Waals surface area contributed by atoms with Crippen molar-refractivity contribution in [2.24, 2.45) is 0 Å². The van der Waals surface area contributed by atoms with E-state index in [-0.39, 0.29) is 0 Å². The highest BCUT2D eigenvalue weighted by atomic mass is 35.5. The molecule has 4 heteroatoms. The van der Waals surface area contributed by atoms with Crippen LogP contribution in [0, 0.1) is 0 Å². The van der Waals surface area contributed by atoms with Gasteiger partial charge in [0.15, 0.2) is 0 Å². The first kappa shape index (κ1) is 12.1. The van der Waals surface area contributed by atoms with Gasteiger partial charge in [0.25, 0.3) is 0 Å². The maximum Gasteiger partial charge on any atom is 0.0786 e. The number of rotatable bonds is 4. The molecule has 1 aromatic carbocycles. The van der Waals surface area contributed by atoms with Crippen LogP contribution >= 0.6 is 11.6 Å². The second-order valence-electron chi connectivity index (χ2n) is 3.90. The lowest BCUT2D eigenvalue weighted by Crippen LogP contribution is -2.29. The molecule has 0 aliphatic rings. The number of nitrogen functional groups attached to an aromatic ring is 1. The fourth-order valence-corrected chi connectivity index (χ4v) is 1.72. The number of likely N-dealkylation sites (N-methyl/N-ethyl adjacent to an activating group) is 2. The summed E-state index contributed by atoms with van der Waals surface area (Å²) in [6, 6.07) is 5.59. The van der Waals surface area contributed by atoms with Gasteiger partial charge in [0.05, 0.1) is 16.4 Å². The first-order valence-electron chi connectivity index (χ1n) is 4.92. The van der Waals surface area contributed by atoms with Crippen LogP contribution in [0.5, 0.6) is 0 Å². The summed E-state index contributed by atoms with van der Waals surface area (Å²) in [6.45, 7) is 1.88. The quantitative estimate of drug-likeness (QED) is 0.798. The zero-order chi connectivity index (χ0) is 11.4. The number of hydrogen-bond donors (Lipinski definition) is 1. The lowest BCUT2D eigenvalue weighted by Gasteiger charge is -2.23. The first-order valence-corrected chi connectivity index (χ1v) is 5.30. The van der Waals surface area contributed by atoms with Gasteiger partial charge in [-0.25, -0.2) is 0 Å². The Hall–Kier alpha value is -0.930. The summed E-state index contributed by atoms with van der Waals surface area (Å²) in [7, 11) is 6.09. The third kappa shape index (κ3) is 3.29. The SMILES string of the molecule is CN(C)CCN(C)c1c(N)cccc1Cl. The molecule has 0 radical (unpaired) electrons. The van der Waals surface area contributed by atoms with E-state index in [2.05, 4.69) is 9.80 Å². The smallest absolute Gasteiger partial charge is 0.0786 e. The van der Waals surface area contributed by atoms with Crippen molar-refractivity contribution in [2.45, 2.75) is 0 Å². The van der Waals surface area contributed by atoms with Crippen molar-refractivity contribution in [2.75, 3.05) is 44.9 Å². The van der Waals surface area contributed by atoms with Crippen molar-refractivity contribution >= 4 is 23.0 Å². The second-order valence-corrected chi connectivity index (χ2v) is 4.31. The van der Waals surface area contributed by atoms with Crippen molar-refractivity contribution in [1.29, 1.82) is 0 Å². The topological polar surface area (TPSA) is 32.5 Å². The number of nitrogens with zero attached hydrogens (tertiary/aromatic N) is 2. The molecule has 2 N–H and O–H groups in total. The molecule has 0 aliphatic heterocycles. The number of hydrogen-bond acceptors (Lipinski definition) is 3. The fourth-order valence-electron chi connectivity index (χ4n) is 1.40. The summed E-state index contributed by atoms with van der Waals surface area (Å²) in [5.74, 6) is 0. The van der Waals surface area contributed by atoms with E-state index in [9.17, 15) is 0 Å². The molecule has 0 atom stereocenters. The molecule has 1 rings (SSSR count). The van der Waals surface area contributed by atoms with Crippen LogP contribution in [0.2, 0.25) is 5.02 Å². The standard InChI is InChI=1S/C11H18ClN3/c1-14(2)7-8-15(3)11-9(12)5-4-6-10(11)13/h4-6H,7-8,13H2,1-3H3. The molecule has 0 spiro atoms. The molecule has 0 heterocycles. The molecule has 0 fully saturated rings. The molecule has 0 saturated heterocycles. The number of para-hydroxylation sites is 1. The zero-order valence-corrected chi connectivity index (χ0v) is 10.3. The molecule has 84 valence electrons. The van der Waals surface area contributed by atoms with Crippen LogP contribution in [0.4, 0.5) is 11.4 Å². The lowest BCUT2D eigenvalue weighted by molar-refractivity contribution is 0.416. The van der Waals surface area contributed by atoms with E-state index in [0.717, 1.165) is 24.5 Å². The molecule has 0 aliphatic carbocycles. The van der Waals surface area contributed by atoms with Crippen LogP contribution in [0.1, 0.15) is 0 Å². The summed E-state index contributed by atoms with van der Waals surface area (Å²) >= 11 is 6.10. The van der Waals surface area contributed by atoms with E-state index in [4.69, 9.17) is 17.3 Å². The second kappa shape index (κ2) is 5.24. The summed E-state index contributed by atoms with van der Waals surface area (Å²) in [5.41, 5.74) is 7.53. The van der Waals surface area contributed by atoms with Gasteiger partial charge < -0.3 is 15.5 Å². The molecule has 0 aromatic heterocycles. The molecular formula is C11H18ClN3. The Morgan fingerprint density at radius 2 is 1.87 bits per heavy atom. The van der Waals surface area contributed by atoms with Gasteiger partial charge in [-0.2, -0.15) is 0 Å². The van der Waals surface area contributed by atoms with Crippen LogP contribution in [-0.2, 0) is 0 Å². The van der Waals surface area contributed by atoms with E-state index < -0.39 is 0 Å². The molecule has 3 nitrogen and oxygen atoms in total. The number of halogens is 1. The summed E-state index contributed by atoms with van der Waals surface area (Å²) in [6.07, 6.45) is 0. The molecule has 0 amide bonds. The van der Waals surface area contributed by atoms with Crippen LogP contribution in [-0.4, -0.2) is 39.1 Å². The molecule has 0 unspecified atom stereocenters. The maximum atomic E-state index is 6.10. The minimum Gasteiger partial charge on any atom is -0.397 e. The van der Waals surface area contributed by atoms with Gasteiger partial charge in [-0.15, -0.1) is 0 Å².